The molecule has 0 aliphatic carbocycles. The summed E-state index contributed by atoms with van der Waals surface area (Å²) >= 11 is 0. The number of nitrogens with two attached hydrogens (primary N) is 1. The molecule has 0 spiro atoms. The van der Waals surface area contributed by atoms with Gasteiger partial charge < -0.3 is 15.6 Å². The SMILES string of the molecule is COc1cc2ncc3cnc4c(C)c(N)ccc4c3c2cc1O. The van der Waals surface area contributed by atoms with Crippen LogP contribution in [0, 0.1) is 6.92 Å². The molecule has 0 amide bonds. The lowest BCUT2D eigenvalue weighted by atomic mass is 10.0. The first-order valence-electron chi connectivity index (χ1n) is 7.23. The molecule has 0 saturated heterocycles. The third-order valence-corrected chi connectivity index (χ3v) is 4.27. The van der Waals surface area contributed by atoms with Crippen LogP contribution in [0.4, 0.5) is 5.69 Å². The van der Waals surface area contributed by atoms with Gasteiger partial charge in [0.15, 0.2) is 11.5 Å². The van der Waals surface area contributed by atoms with Gasteiger partial charge in [-0.15, -0.1) is 0 Å². The molecule has 4 rings (SSSR count). The molecule has 0 bridgehead atoms. The van der Waals surface area contributed by atoms with Crippen LogP contribution < -0.4 is 10.5 Å². The maximum Gasteiger partial charge on any atom is 0.162 e. The van der Waals surface area contributed by atoms with Crippen molar-refractivity contribution in [3.8, 4) is 11.5 Å². The van der Waals surface area contributed by atoms with Crippen molar-refractivity contribution in [1.29, 1.82) is 0 Å². The summed E-state index contributed by atoms with van der Waals surface area (Å²) in [5, 5.41) is 13.9. The third kappa shape index (κ3) is 1.86. The van der Waals surface area contributed by atoms with Crippen LogP contribution >= 0.6 is 0 Å². The number of aryl methyl sites for hydroxylation is 1. The van der Waals surface area contributed by atoms with Crippen LogP contribution in [0.5, 0.6) is 11.5 Å². The fourth-order valence-corrected chi connectivity index (χ4v) is 3.00. The predicted octanol–water partition coefficient (Wildman–Crippen LogP) is 3.54. The number of ether oxygens (including phenoxy) is 1. The number of phenols is 1. The maximum absolute atomic E-state index is 10.2. The molecule has 0 atom stereocenters. The molecule has 5 nitrogen and oxygen atoms in total. The first-order valence-corrected chi connectivity index (χ1v) is 7.23. The zero-order valence-electron chi connectivity index (χ0n) is 12.8. The number of phenolic OH excluding ortho intramolecular Hbond substituents is 1. The molecule has 2 aromatic heterocycles. The van der Waals surface area contributed by atoms with Crippen LogP contribution in [0.15, 0.2) is 36.7 Å². The molecule has 2 aromatic carbocycles. The van der Waals surface area contributed by atoms with E-state index in [-0.39, 0.29) is 5.75 Å². The van der Waals surface area contributed by atoms with E-state index in [9.17, 15) is 5.11 Å². The molecule has 4 aromatic rings. The standard InChI is InChI=1S/C18H15N3O2/c1-9-13(19)4-3-11-17-10(8-21-18(9)11)7-20-14-6-16(23-2)15(22)5-12(14)17/h3-8,22H,19H2,1-2H3. The topological polar surface area (TPSA) is 81.3 Å². The van der Waals surface area contributed by atoms with Crippen LogP contribution in [0.25, 0.3) is 32.6 Å². The highest BCUT2D eigenvalue weighted by Gasteiger charge is 2.12. The van der Waals surface area contributed by atoms with E-state index >= 15 is 0 Å². The Labute approximate surface area is 132 Å². The lowest BCUT2D eigenvalue weighted by Gasteiger charge is -2.11. The number of methoxy groups -OCH3 is 1. The van der Waals surface area contributed by atoms with Gasteiger partial charge in [0.25, 0.3) is 0 Å². The zero-order valence-corrected chi connectivity index (χ0v) is 12.8. The van der Waals surface area contributed by atoms with Gasteiger partial charge in [0, 0.05) is 45.7 Å². The number of aromatic hydroxyl groups is 1. The summed E-state index contributed by atoms with van der Waals surface area (Å²) in [6.07, 6.45) is 3.57. The van der Waals surface area contributed by atoms with Crippen molar-refractivity contribution < 1.29 is 9.84 Å². The normalized spacial score (nSPS) is 11.4. The van der Waals surface area contributed by atoms with E-state index in [1.165, 1.54) is 7.11 Å². The van der Waals surface area contributed by atoms with Gasteiger partial charge in [-0.05, 0) is 24.6 Å². The van der Waals surface area contributed by atoms with E-state index in [1.54, 1.807) is 24.5 Å². The van der Waals surface area contributed by atoms with Crippen LogP contribution in [0.1, 0.15) is 5.56 Å². The number of anilines is 1. The number of benzene rings is 2. The van der Waals surface area contributed by atoms with Crippen LogP contribution in [0.2, 0.25) is 0 Å². The fraction of sp³-hybridized carbons (Fsp3) is 0.111. The molecule has 0 aliphatic heterocycles. The number of nitrogens with zero attached hydrogens (tertiary/aromatic N) is 2. The summed E-state index contributed by atoms with van der Waals surface area (Å²) in [5.74, 6) is 0.495. The largest absolute Gasteiger partial charge is 0.504 e. The van der Waals surface area contributed by atoms with Crippen LogP contribution in [-0.4, -0.2) is 22.2 Å². The highest BCUT2D eigenvalue weighted by atomic mass is 16.5. The van der Waals surface area contributed by atoms with E-state index < -0.39 is 0 Å². The lowest BCUT2D eigenvalue weighted by molar-refractivity contribution is 0.374. The molecule has 2 heterocycles. The van der Waals surface area contributed by atoms with Gasteiger partial charge in [-0.25, -0.2) is 0 Å². The predicted molar refractivity (Wildman–Crippen MR) is 91.9 cm³/mol. The van der Waals surface area contributed by atoms with Crippen molar-refractivity contribution in [2.45, 2.75) is 6.92 Å². The van der Waals surface area contributed by atoms with Crippen molar-refractivity contribution >= 4 is 38.3 Å². The van der Waals surface area contributed by atoms with Gasteiger partial charge in [-0.1, -0.05) is 6.07 Å². The molecule has 23 heavy (non-hydrogen) atoms. The van der Waals surface area contributed by atoms with Crippen molar-refractivity contribution in [3.63, 3.8) is 0 Å². The van der Waals surface area contributed by atoms with Gasteiger partial charge in [0.1, 0.15) is 0 Å². The molecular weight excluding hydrogens is 290 g/mol. The Kier molecular flexibility index (Phi) is 2.78. The van der Waals surface area contributed by atoms with E-state index in [4.69, 9.17) is 10.5 Å². The number of nitrogen functional groups attached to an aromatic ring is 1. The molecule has 0 fully saturated rings. The summed E-state index contributed by atoms with van der Waals surface area (Å²) < 4.78 is 5.17. The number of aromatic nitrogens is 2. The van der Waals surface area contributed by atoms with E-state index in [2.05, 4.69) is 9.97 Å². The van der Waals surface area contributed by atoms with Crippen LogP contribution in [-0.2, 0) is 0 Å². The van der Waals surface area contributed by atoms with Gasteiger partial charge in [-0.3, -0.25) is 9.97 Å². The minimum absolute atomic E-state index is 0.0893. The summed E-state index contributed by atoms with van der Waals surface area (Å²) in [6.45, 7) is 1.96. The third-order valence-electron chi connectivity index (χ3n) is 4.27. The molecule has 0 unspecified atom stereocenters. The number of hydrogen-bond acceptors (Lipinski definition) is 5. The maximum atomic E-state index is 10.2. The van der Waals surface area contributed by atoms with E-state index in [0.29, 0.717) is 11.4 Å². The van der Waals surface area contributed by atoms with Crippen molar-refractivity contribution in [2.24, 2.45) is 0 Å². The summed E-state index contributed by atoms with van der Waals surface area (Å²) in [5.41, 5.74) is 9.28. The number of rotatable bonds is 1. The summed E-state index contributed by atoms with van der Waals surface area (Å²) in [7, 11) is 1.52. The minimum Gasteiger partial charge on any atom is -0.504 e. The van der Waals surface area contributed by atoms with Crippen molar-refractivity contribution in [1.82, 2.24) is 9.97 Å². The Balaban J connectivity index is 2.25. The van der Waals surface area contributed by atoms with Crippen LogP contribution in [0.3, 0.4) is 0 Å². The Morgan fingerprint density at radius 1 is 1.09 bits per heavy atom. The van der Waals surface area contributed by atoms with E-state index in [1.807, 2.05) is 19.1 Å². The number of fused-ring (bicyclic) bond motifs is 5. The molecular formula is C18H15N3O2. The molecule has 3 N–H and O–H groups in total. The Hall–Kier alpha value is -3.08. The second-order valence-electron chi connectivity index (χ2n) is 5.56. The highest BCUT2D eigenvalue weighted by molar-refractivity contribution is 6.19. The zero-order chi connectivity index (χ0) is 16.1. The molecule has 0 radical (unpaired) electrons. The Bertz CT molecular complexity index is 1090. The first kappa shape index (κ1) is 13.6. The lowest BCUT2D eigenvalue weighted by Crippen LogP contribution is -1.94. The number of pyridine rings is 2. The van der Waals surface area contributed by atoms with Crippen molar-refractivity contribution in [3.05, 3.63) is 42.2 Å². The molecule has 0 saturated carbocycles. The van der Waals surface area contributed by atoms with E-state index in [0.717, 1.165) is 38.1 Å². The van der Waals surface area contributed by atoms with Gasteiger partial charge >= 0.3 is 0 Å². The Morgan fingerprint density at radius 2 is 1.87 bits per heavy atom. The van der Waals surface area contributed by atoms with Gasteiger partial charge in [-0.2, -0.15) is 0 Å². The Morgan fingerprint density at radius 3 is 2.65 bits per heavy atom. The fourth-order valence-electron chi connectivity index (χ4n) is 3.00. The van der Waals surface area contributed by atoms with Crippen molar-refractivity contribution in [2.75, 3.05) is 12.8 Å². The van der Waals surface area contributed by atoms with Gasteiger partial charge in [0.2, 0.25) is 0 Å². The molecule has 5 heteroatoms. The average Bonchev–Trinajstić information content (AvgIpc) is 2.56. The quantitative estimate of drug-likeness (QED) is 0.415. The average molecular weight is 305 g/mol. The second kappa shape index (κ2) is 4.71. The highest BCUT2D eigenvalue weighted by Crippen LogP contribution is 2.37. The summed E-state index contributed by atoms with van der Waals surface area (Å²) in [4.78, 5) is 8.98. The summed E-state index contributed by atoms with van der Waals surface area (Å²) in [6, 6.07) is 7.28. The smallest absolute Gasteiger partial charge is 0.162 e. The van der Waals surface area contributed by atoms with Gasteiger partial charge in [0.05, 0.1) is 18.1 Å². The molecule has 114 valence electrons. The first-order chi connectivity index (χ1) is 11.1. The second-order valence-corrected chi connectivity index (χ2v) is 5.56. The molecule has 0 aliphatic rings. The monoisotopic (exact) mass is 305 g/mol. The number of hydrogen-bond donors (Lipinski definition) is 2. The minimum atomic E-state index is 0.0893.